The van der Waals surface area contributed by atoms with Crippen LogP contribution < -0.4 is 10.1 Å². The summed E-state index contributed by atoms with van der Waals surface area (Å²) in [6.07, 6.45) is 1.96. The highest BCUT2D eigenvalue weighted by molar-refractivity contribution is 7.91. The van der Waals surface area contributed by atoms with Crippen molar-refractivity contribution < 1.29 is 13.2 Å². The zero-order chi connectivity index (χ0) is 16.7. The summed E-state index contributed by atoms with van der Waals surface area (Å²) in [5.41, 5.74) is 2.37. The van der Waals surface area contributed by atoms with E-state index in [2.05, 4.69) is 15.3 Å². The lowest BCUT2D eigenvalue weighted by Crippen LogP contribution is -2.00. The van der Waals surface area contributed by atoms with Gasteiger partial charge in [-0.05, 0) is 48.4 Å². The molecular formula is C17H15N3O3S. The van der Waals surface area contributed by atoms with Crippen molar-refractivity contribution in [3.63, 3.8) is 0 Å². The Morgan fingerprint density at radius 2 is 1.88 bits per heavy atom. The third kappa shape index (κ3) is 2.37. The maximum atomic E-state index is 12.2. The molecule has 0 fully saturated rings. The molecule has 0 saturated heterocycles. The van der Waals surface area contributed by atoms with E-state index in [1.807, 2.05) is 24.3 Å². The first kappa shape index (κ1) is 14.9. The summed E-state index contributed by atoms with van der Waals surface area (Å²) >= 11 is 0. The monoisotopic (exact) mass is 341 g/mol. The van der Waals surface area contributed by atoms with E-state index in [1.54, 1.807) is 19.2 Å². The number of nitrogens with one attached hydrogen (secondary N) is 1. The van der Waals surface area contributed by atoms with E-state index in [4.69, 9.17) is 4.74 Å². The van der Waals surface area contributed by atoms with Crippen LogP contribution in [0.1, 0.15) is 5.56 Å². The van der Waals surface area contributed by atoms with Gasteiger partial charge in [-0.25, -0.2) is 18.4 Å². The molecule has 4 rings (SSSR count). The molecule has 6 nitrogen and oxygen atoms in total. The predicted octanol–water partition coefficient (Wildman–Crippen LogP) is 2.71. The fourth-order valence-electron chi connectivity index (χ4n) is 2.99. The summed E-state index contributed by atoms with van der Waals surface area (Å²) in [6, 6.07) is 10.8. The van der Waals surface area contributed by atoms with Crippen LogP contribution in [0.2, 0.25) is 0 Å². The molecule has 0 unspecified atom stereocenters. The van der Waals surface area contributed by atoms with Crippen molar-refractivity contribution in [1.29, 1.82) is 0 Å². The Hall–Kier alpha value is -2.67. The number of anilines is 2. The minimum Gasteiger partial charge on any atom is -0.497 e. The first-order chi connectivity index (χ1) is 11.6. The van der Waals surface area contributed by atoms with E-state index >= 15 is 0 Å². The van der Waals surface area contributed by atoms with Gasteiger partial charge >= 0.3 is 0 Å². The number of hydrogen-bond acceptors (Lipinski definition) is 6. The number of methoxy groups -OCH3 is 1. The van der Waals surface area contributed by atoms with E-state index in [-0.39, 0.29) is 5.75 Å². The molecule has 2 aromatic carbocycles. The quantitative estimate of drug-likeness (QED) is 0.789. The van der Waals surface area contributed by atoms with Gasteiger partial charge in [-0.15, -0.1) is 0 Å². The topological polar surface area (TPSA) is 81.2 Å². The summed E-state index contributed by atoms with van der Waals surface area (Å²) in [4.78, 5) is 8.98. The Morgan fingerprint density at radius 3 is 2.62 bits per heavy atom. The highest BCUT2D eigenvalue weighted by Crippen LogP contribution is 2.35. The van der Waals surface area contributed by atoms with Crippen LogP contribution in [0.15, 0.2) is 47.6 Å². The number of aromatic nitrogens is 2. The Kier molecular flexibility index (Phi) is 3.38. The summed E-state index contributed by atoms with van der Waals surface area (Å²) in [6.45, 7) is 0. The SMILES string of the molecule is COc1ccc(Nc2ncnc3ccc4c(c23)CCS4(=O)=O)cc1. The van der Waals surface area contributed by atoms with Gasteiger partial charge in [-0.1, -0.05) is 0 Å². The summed E-state index contributed by atoms with van der Waals surface area (Å²) in [7, 11) is -1.58. The fraction of sp³-hybridized carbons (Fsp3) is 0.176. The second-order valence-corrected chi connectivity index (χ2v) is 7.66. The first-order valence-corrected chi connectivity index (χ1v) is 9.14. The molecule has 0 radical (unpaired) electrons. The van der Waals surface area contributed by atoms with Gasteiger partial charge in [0.1, 0.15) is 17.9 Å². The van der Waals surface area contributed by atoms with Crippen molar-refractivity contribution in [1.82, 2.24) is 9.97 Å². The summed E-state index contributed by atoms with van der Waals surface area (Å²) < 4.78 is 29.5. The lowest BCUT2D eigenvalue weighted by Gasteiger charge is -2.11. The number of fused-ring (bicyclic) bond motifs is 3. The molecule has 3 aromatic rings. The third-order valence-electron chi connectivity index (χ3n) is 4.18. The summed E-state index contributed by atoms with van der Waals surface area (Å²) in [5.74, 6) is 1.51. The number of nitrogens with zero attached hydrogens (tertiary/aromatic N) is 2. The number of sulfone groups is 1. The van der Waals surface area contributed by atoms with Gasteiger partial charge in [0.05, 0.1) is 23.3 Å². The molecule has 0 bridgehead atoms. The second-order valence-electron chi connectivity index (χ2n) is 5.58. The molecule has 1 N–H and O–H groups in total. The van der Waals surface area contributed by atoms with E-state index in [0.717, 1.165) is 27.9 Å². The first-order valence-electron chi connectivity index (χ1n) is 7.49. The van der Waals surface area contributed by atoms with Crippen molar-refractivity contribution in [3.8, 4) is 5.75 Å². The maximum absolute atomic E-state index is 12.2. The van der Waals surface area contributed by atoms with Crippen LogP contribution in [-0.4, -0.2) is 31.2 Å². The fourth-order valence-corrected chi connectivity index (χ4v) is 4.54. The van der Waals surface area contributed by atoms with E-state index in [0.29, 0.717) is 17.1 Å². The molecule has 1 aliphatic heterocycles. The van der Waals surface area contributed by atoms with Gasteiger partial charge in [0, 0.05) is 11.1 Å². The van der Waals surface area contributed by atoms with Crippen LogP contribution >= 0.6 is 0 Å². The van der Waals surface area contributed by atoms with Crippen LogP contribution in [0, 0.1) is 0 Å². The van der Waals surface area contributed by atoms with Crippen LogP contribution in [0.4, 0.5) is 11.5 Å². The van der Waals surface area contributed by atoms with Gasteiger partial charge in [0.15, 0.2) is 9.84 Å². The van der Waals surface area contributed by atoms with Crippen LogP contribution in [0.5, 0.6) is 5.75 Å². The summed E-state index contributed by atoms with van der Waals surface area (Å²) in [5, 5.41) is 4.02. The molecule has 0 amide bonds. The van der Waals surface area contributed by atoms with Gasteiger partial charge in [-0.3, -0.25) is 0 Å². The molecular weight excluding hydrogens is 326 g/mol. The third-order valence-corrected chi connectivity index (χ3v) is 5.97. The standard InChI is InChI=1S/C17H15N3O3S/c1-23-12-4-2-11(3-5-12)20-17-16-13-8-9-24(21,22)15(13)7-6-14(16)18-10-19-17/h2-7,10H,8-9H2,1H3,(H,18,19,20). The molecule has 1 aliphatic rings. The number of rotatable bonds is 3. The minimum atomic E-state index is -3.20. The van der Waals surface area contributed by atoms with Crippen molar-refractivity contribution in [2.45, 2.75) is 11.3 Å². The lowest BCUT2D eigenvalue weighted by molar-refractivity contribution is 0.415. The van der Waals surface area contributed by atoms with Crippen LogP contribution in [0.3, 0.4) is 0 Å². The molecule has 0 spiro atoms. The Bertz CT molecular complexity index is 1030. The van der Waals surface area contributed by atoms with Gasteiger partial charge < -0.3 is 10.1 Å². The predicted molar refractivity (Wildman–Crippen MR) is 91.6 cm³/mol. The lowest BCUT2D eigenvalue weighted by atomic mass is 10.1. The molecule has 24 heavy (non-hydrogen) atoms. The number of hydrogen-bond donors (Lipinski definition) is 1. The van der Waals surface area contributed by atoms with Crippen molar-refractivity contribution >= 4 is 32.2 Å². The van der Waals surface area contributed by atoms with Crippen molar-refractivity contribution in [2.75, 3.05) is 18.2 Å². The second kappa shape index (κ2) is 5.45. The van der Waals surface area contributed by atoms with Gasteiger partial charge in [-0.2, -0.15) is 0 Å². The smallest absolute Gasteiger partial charge is 0.179 e. The molecule has 1 aromatic heterocycles. The average molecular weight is 341 g/mol. The maximum Gasteiger partial charge on any atom is 0.179 e. The molecule has 7 heteroatoms. The number of aryl methyl sites for hydroxylation is 1. The average Bonchev–Trinajstić information content (AvgIpc) is 2.91. The number of ether oxygens (including phenoxy) is 1. The van der Waals surface area contributed by atoms with Crippen molar-refractivity contribution in [2.24, 2.45) is 0 Å². The molecule has 0 saturated carbocycles. The highest BCUT2D eigenvalue weighted by atomic mass is 32.2. The highest BCUT2D eigenvalue weighted by Gasteiger charge is 2.29. The zero-order valence-electron chi connectivity index (χ0n) is 13.0. The van der Waals surface area contributed by atoms with Crippen LogP contribution in [0.25, 0.3) is 10.9 Å². The van der Waals surface area contributed by atoms with Gasteiger partial charge in [0.2, 0.25) is 0 Å². The molecule has 0 aliphatic carbocycles. The normalized spacial score (nSPS) is 15.2. The Morgan fingerprint density at radius 1 is 1.08 bits per heavy atom. The van der Waals surface area contributed by atoms with E-state index < -0.39 is 9.84 Å². The molecule has 2 heterocycles. The van der Waals surface area contributed by atoms with Gasteiger partial charge in [0.25, 0.3) is 0 Å². The van der Waals surface area contributed by atoms with E-state index in [9.17, 15) is 8.42 Å². The Balaban J connectivity index is 1.85. The number of benzene rings is 2. The van der Waals surface area contributed by atoms with E-state index in [1.165, 1.54) is 6.33 Å². The van der Waals surface area contributed by atoms with Crippen LogP contribution in [-0.2, 0) is 16.3 Å². The largest absolute Gasteiger partial charge is 0.497 e. The van der Waals surface area contributed by atoms with Crippen molar-refractivity contribution in [3.05, 3.63) is 48.3 Å². The zero-order valence-corrected chi connectivity index (χ0v) is 13.8. The minimum absolute atomic E-state index is 0.137. The molecule has 122 valence electrons. The molecule has 0 atom stereocenters. The Labute approximate surface area is 139 Å².